The molecule has 0 amide bonds. The van der Waals surface area contributed by atoms with Crippen molar-refractivity contribution in [2.24, 2.45) is 0 Å². The maximum absolute atomic E-state index is 12.4. The molecule has 20 heavy (non-hydrogen) atoms. The van der Waals surface area contributed by atoms with E-state index in [1.165, 1.54) is 23.9 Å². The third-order valence-corrected chi connectivity index (χ3v) is 5.12. The minimum Gasteiger partial charge on any atom is -0.496 e. The molecule has 0 radical (unpaired) electrons. The lowest BCUT2D eigenvalue weighted by Gasteiger charge is -2.25. The highest BCUT2D eigenvalue weighted by Gasteiger charge is 2.28. The van der Waals surface area contributed by atoms with Gasteiger partial charge in [-0.05, 0) is 13.0 Å². The summed E-state index contributed by atoms with van der Waals surface area (Å²) < 4.78 is 31.4. The number of imidazole rings is 1. The number of methoxy groups -OCH3 is 1. The number of nitrogens with zero attached hydrogens (tertiary/aromatic N) is 2. The molecule has 0 spiro atoms. The summed E-state index contributed by atoms with van der Waals surface area (Å²) in [5, 5.41) is 0.0711. The quantitative estimate of drug-likeness (QED) is 0.912. The average molecular weight is 295 g/mol. The van der Waals surface area contributed by atoms with Gasteiger partial charge in [0.2, 0.25) is 0 Å². The highest BCUT2D eigenvalue weighted by molar-refractivity contribution is 7.89. The van der Waals surface area contributed by atoms with E-state index >= 15 is 0 Å². The minimum atomic E-state index is -3.61. The first-order valence-electron chi connectivity index (χ1n) is 6.07. The lowest BCUT2D eigenvalue weighted by atomic mass is 10.1. The summed E-state index contributed by atoms with van der Waals surface area (Å²) >= 11 is 0. The van der Waals surface area contributed by atoms with Crippen LogP contribution < -0.4 is 4.74 Å². The van der Waals surface area contributed by atoms with E-state index in [9.17, 15) is 8.42 Å². The second-order valence-corrected chi connectivity index (χ2v) is 6.32. The predicted molar refractivity (Wildman–Crippen MR) is 74.9 cm³/mol. The fourth-order valence-corrected chi connectivity index (χ4v) is 3.19. The Bertz CT molecular complexity index is 668. The number of aromatic amines is 1. The number of nitrogens with one attached hydrogen (secondary N) is 1. The van der Waals surface area contributed by atoms with Crippen molar-refractivity contribution in [3.05, 3.63) is 42.4 Å². The molecule has 0 aliphatic heterocycles. The first-order valence-corrected chi connectivity index (χ1v) is 7.52. The zero-order chi connectivity index (χ0) is 14.8. The van der Waals surface area contributed by atoms with Gasteiger partial charge in [-0.15, -0.1) is 0 Å². The van der Waals surface area contributed by atoms with Crippen LogP contribution in [0.1, 0.15) is 18.5 Å². The van der Waals surface area contributed by atoms with E-state index in [1.807, 2.05) is 31.2 Å². The highest BCUT2D eigenvalue weighted by atomic mass is 32.2. The second kappa shape index (κ2) is 5.64. The van der Waals surface area contributed by atoms with E-state index in [2.05, 4.69) is 9.97 Å². The third kappa shape index (κ3) is 2.54. The van der Waals surface area contributed by atoms with Crippen LogP contribution >= 0.6 is 0 Å². The van der Waals surface area contributed by atoms with E-state index in [0.29, 0.717) is 5.75 Å². The average Bonchev–Trinajstić information content (AvgIpc) is 3.00. The summed E-state index contributed by atoms with van der Waals surface area (Å²) in [5.74, 6) is 0.659. The van der Waals surface area contributed by atoms with Crippen molar-refractivity contribution in [2.45, 2.75) is 18.0 Å². The van der Waals surface area contributed by atoms with Crippen LogP contribution in [-0.4, -0.2) is 36.8 Å². The number of benzene rings is 1. The molecule has 108 valence electrons. The number of sulfonamides is 1. The SMILES string of the molecule is COc1ccccc1C(C)N(C)S(=O)(=O)c1cnc[nH]1. The summed E-state index contributed by atoms with van der Waals surface area (Å²) in [7, 11) is -0.509. The minimum absolute atomic E-state index is 0.0711. The Morgan fingerprint density at radius 1 is 1.35 bits per heavy atom. The van der Waals surface area contributed by atoms with E-state index in [1.54, 1.807) is 7.11 Å². The van der Waals surface area contributed by atoms with Crippen molar-refractivity contribution in [1.82, 2.24) is 14.3 Å². The maximum atomic E-state index is 12.4. The van der Waals surface area contributed by atoms with Gasteiger partial charge >= 0.3 is 0 Å². The van der Waals surface area contributed by atoms with Gasteiger partial charge in [0.1, 0.15) is 5.75 Å². The summed E-state index contributed by atoms with van der Waals surface area (Å²) in [4.78, 5) is 6.37. The van der Waals surface area contributed by atoms with Crippen molar-refractivity contribution >= 4 is 10.0 Å². The molecule has 7 heteroatoms. The van der Waals surface area contributed by atoms with Crippen LogP contribution in [0.2, 0.25) is 0 Å². The van der Waals surface area contributed by atoms with Crippen LogP contribution in [0.25, 0.3) is 0 Å². The van der Waals surface area contributed by atoms with E-state index in [-0.39, 0.29) is 11.1 Å². The molecule has 0 bridgehead atoms. The fraction of sp³-hybridized carbons (Fsp3) is 0.308. The topological polar surface area (TPSA) is 75.3 Å². The zero-order valence-electron chi connectivity index (χ0n) is 11.6. The van der Waals surface area contributed by atoms with Crippen molar-refractivity contribution in [1.29, 1.82) is 0 Å². The molecule has 2 aromatic rings. The Morgan fingerprint density at radius 2 is 2.05 bits per heavy atom. The van der Waals surface area contributed by atoms with E-state index < -0.39 is 10.0 Å². The Labute approximate surface area is 118 Å². The van der Waals surface area contributed by atoms with Gasteiger partial charge in [0.25, 0.3) is 10.0 Å². The molecule has 1 aromatic carbocycles. The van der Waals surface area contributed by atoms with Crippen molar-refractivity contribution in [2.75, 3.05) is 14.2 Å². The summed E-state index contributed by atoms with van der Waals surface area (Å²) in [5.41, 5.74) is 0.806. The van der Waals surface area contributed by atoms with Gasteiger partial charge in [-0.2, -0.15) is 4.31 Å². The molecule has 1 N–H and O–H groups in total. The highest BCUT2D eigenvalue weighted by Crippen LogP contribution is 2.30. The van der Waals surface area contributed by atoms with E-state index in [4.69, 9.17) is 4.74 Å². The van der Waals surface area contributed by atoms with Crippen LogP contribution in [0.3, 0.4) is 0 Å². The van der Waals surface area contributed by atoms with Crippen molar-refractivity contribution < 1.29 is 13.2 Å². The molecule has 1 heterocycles. The molecule has 0 aliphatic rings. The van der Waals surface area contributed by atoms with Crippen LogP contribution in [0.4, 0.5) is 0 Å². The molecule has 1 aromatic heterocycles. The molecule has 0 aliphatic carbocycles. The molecule has 2 rings (SSSR count). The van der Waals surface area contributed by atoms with Crippen LogP contribution in [0.15, 0.2) is 41.8 Å². The number of aromatic nitrogens is 2. The number of para-hydroxylation sites is 1. The summed E-state index contributed by atoms with van der Waals surface area (Å²) in [6.45, 7) is 1.81. The van der Waals surface area contributed by atoms with Gasteiger partial charge in [0.15, 0.2) is 5.03 Å². The second-order valence-electron chi connectivity index (χ2n) is 4.36. The van der Waals surface area contributed by atoms with Crippen molar-refractivity contribution in [3.8, 4) is 5.75 Å². The third-order valence-electron chi connectivity index (χ3n) is 3.26. The molecular weight excluding hydrogens is 278 g/mol. The molecule has 1 atom stereocenters. The van der Waals surface area contributed by atoms with Gasteiger partial charge in [-0.1, -0.05) is 18.2 Å². The van der Waals surface area contributed by atoms with Crippen LogP contribution in [0.5, 0.6) is 5.75 Å². The number of H-pyrrole nitrogens is 1. The summed E-state index contributed by atoms with van der Waals surface area (Å²) in [6, 6.07) is 6.99. The Balaban J connectivity index is 2.36. The predicted octanol–water partition coefficient (Wildman–Crippen LogP) is 1.80. The lowest BCUT2D eigenvalue weighted by Crippen LogP contribution is -2.30. The van der Waals surface area contributed by atoms with Gasteiger partial charge in [0.05, 0.1) is 25.7 Å². The molecule has 0 saturated carbocycles. The largest absolute Gasteiger partial charge is 0.496 e. The molecule has 1 unspecified atom stereocenters. The normalized spacial score (nSPS) is 13.4. The molecule has 0 fully saturated rings. The fourth-order valence-electron chi connectivity index (χ4n) is 1.95. The maximum Gasteiger partial charge on any atom is 0.260 e. The Kier molecular flexibility index (Phi) is 4.10. The van der Waals surface area contributed by atoms with Gasteiger partial charge < -0.3 is 9.72 Å². The molecule has 0 saturated heterocycles. The van der Waals surface area contributed by atoms with Crippen molar-refractivity contribution in [3.63, 3.8) is 0 Å². The summed E-state index contributed by atoms with van der Waals surface area (Å²) in [6.07, 6.45) is 2.63. The first kappa shape index (κ1) is 14.5. The standard InChI is InChI=1S/C13H17N3O3S/c1-10(11-6-4-5-7-12(11)19-3)16(2)20(17,18)13-8-14-9-15-13/h4-10H,1-3H3,(H,14,15). The Hall–Kier alpha value is -1.86. The number of hydrogen-bond donors (Lipinski definition) is 1. The zero-order valence-corrected chi connectivity index (χ0v) is 12.4. The lowest BCUT2D eigenvalue weighted by molar-refractivity contribution is 0.366. The number of hydrogen-bond acceptors (Lipinski definition) is 4. The smallest absolute Gasteiger partial charge is 0.260 e. The Morgan fingerprint density at radius 3 is 2.65 bits per heavy atom. The number of ether oxygens (including phenoxy) is 1. The monoisotopic (exact) mass is 295 g/mol. The van der Waals surface area contributed by atoms with Gasteiger partial charge in [0, 0.05) is 12.6 Å². The first-order chi connectivity index (χ1) is 9.48. The van der Waals surface area contributed by atoms with E-state index in [0.717, 1.165) is 5.56 Å². The van der Waals surface area contributed by atoms with Crippen LogP contribution in [-0.2, 0) is 10.0 Å². The molecule has 6 nitrogen and oxygen atoms in total. The van der Waals surface area contributed by atoms with Gasteiger partial charge in [-0.3, -0.25) is 0 Å². The number of rotatable bonds is 5. The van der Waals surface area contributed by atoms with Gasteiger partial charge in [-0.25, -0.2) is 13.4 Å². The van der Waals surface area contributed by atoms with Crippen LogP contribution in [0, 0.1) is 0 Å². The molecular formula is C13H17N3O3S.